The molecule has 0 aromatic heterocycles. The van der Waals surface area contributed by atoms with Crippen molar-refractivity contribution in [3.63, 3.8) is 0 Å². The standard InChI is InChI=1S/C17H23FN2S/c1-16(2)10-6-7-17(3,9-10)15(16)20-13-5-4-11(18)8-12(13)14(19)21/h4-5,8,10,15,20H,6-7,9H2,1-3H3,(H2,19,21). The minimum absolute atomic E-state index is 0.231. The molecule has 0 heterocycles. The predicted molar refractivity (Wildman–Crippen MR) is 88.9 cm³/mol. The molecule has 0 saturated heterocycles. The Hall–Kier alpha value is -1.16. The predicted octanol–water partition coefficient (Wildman–Crippen LogP) is 4.09. The van der Waals surface area contributed by atoms with E-state index in [1.54, 1.807) is 6.07 Å². The summed E-state index contributed by atoms with van der Waals surface area (Å²) in [4.78, 5) is 0.239. The Morgan fingerprint density at radius 2 is 2.10 bits per heavy atom. The number of hydrogen-bond donors (Lipinski definition) is 2. The molecule has 1 aromatic carbocycles. The summed E-state index contributed by atoms with van der Waals surface area (Å²) >= 11 is 5.07. The van der Waals surface area contributed by atoms with Crippen molar-refractivity contribution in [3.8, 4) is 0 Å². The Kier molecular flexibility index (Phi) is 3.28. The first-order valence-corrected chi connectivity index (χ1v) is 8.01. The van der Waals surface area contributed by atoms with Crippen LogP contribution in [0.2, 0.25) is 0 Å². The van der Waals surface area contributed by atoms with E-state index in [1.807, 2.05) is 0 Å². The van der Waals surface area contributed by atoms with Crippen molar-refractivity contribution in [2.24, 2.45) is 22.5 Å². The third kappa shape index (κ3) is 2.24. The van der Waals surface area contributed by atoms with Gasteiger partial charge in [0.05, 0.1) is 0 Å². The van der Waals surface area contributed by atoms with Crippen LogP contribution in [0.15, 0.2) is 18.2 Å². The van der Waals surface area contributed by atoms with E-state index >= 15 is 0 Å². The molecule has 3 atom stereocenters. The Labute approximate surface area is 131 Å². The van der Waals surface area contributed by atoms with Gasteiger partial charge in [0.25, 0.3) is 0 Å². The maximum absolute atomic E-state index is 13.5. The zero-order valence-electron chi connectivity index (χ0n) is 12.9. The lowest BCUT2D eigenvalue weighted by Crippen LogP contribution is -2.46. The zero-order valence-corrected chi connectivity index (χ0v) is 13.7. The number of nitrogens with two attached hydrogens (primary N) is 1. The van der Waals surface area contributed by atoms with Crippen molar-refractivity contribution in [2.75, 3.05) is 5.32 Å². The maximum atomic E-state index is 13.5. The first-order valence-electron chi connectivity index (χ1n) is 7.60. The first-order chi connectivity index (χ1) is 9.74. The molecule has 1 aromatic rings. The average Bonchev–Trinajstić information content (AvgIpc) is 2.87. The summed E-state index contributed by atoms with van der Waals surface area (Å²) in [6.45, 7) is 7.04. The van der Waals surface area contributed by atoms with Crippen LogP contribution >= 0.6 is 12.2 Å². The van der Waals surface area contributed by atoms with Gasteiger partial charge in [-0.1, -0.05) is 33.0 Å². The summed E-state index contributed by atoms with van der Waals surface area (Å²) in [6.07, 6.45) is 3.83. The molecule has 2 saturated carbocycles. The number of rotatable bonds is 3. The third-order valence-electron chi connectivity index (χ3n) is 5.82. The van der Waals surface area contributed by atoms with E-state index in [-0.39, 0.29) is 16.2 Å². The largest absolute Gasteiger partial charge is 0.389 e. The smallest absolute Gasteiger partial charge is 0.124 e. The Bertz CT molecular complexity index is 594. The molecule has 2 aliphatic carbocycles. The van der Waals surface area contributed by atoms with E-state index in [2.05, 4.69) is 26.1 Å². The number of fused-ring (bicyclic) bond motifs is 2. The highest BCUT2D eigenvalue weighted by molar-refractivity contribution is 7.80. The summed E-state index contributed by atoms with van der Waals surface area (Å²) in [5.74, 6) is 0.454. The fourth-order valence-electron chi connectivity index (χ4n) is 4.66. The number of thiocarbonyl (C=S) groups is 1. The molecule has 3 N–H and O–H groups in total. The highest BCUT2D eigenvalue weighted by atomic mass is 32.1. The van der Waals surface area contributed by atoms with E-state index in [0.29, 0.717) is 17.0 Å². The van der Waals surface area contributed by atoms with Crippen molar-refractivity contribution in [3.05, 3.63) is 29.6 Å². The van der Waals surface area contributed by atoms with Gasteiger partial charge in [0.15, 0.2) is 0 Å². The molecule has 3 rings (SSSR count). The SMILES string of the molecule is CC12CCC(C1)C(C)(C)C2Nc1ccc(F)cc1C(N)=S. The molecule has 0 aliphatic heterocycles. The summed E-state index contributed by atoms with van der Waals surface area (Å²) < 4.78 is 13.5. The Morgan fingerprint density at radius 3 is 2.67 bits per heavy atom. The van der Waals surface area contributed by atoms with Crippen molar-refractivity contribution < 1.29 is 4.39 Å². The molecule has 114 valence electrons. The van der Waals surface area contributed by atoms with Crippen LogP contribution in [0.4, 0.5) is 10.1 Å². The minimum atomic E-state index is -0.304. The van der Waals surface area contributed by atoms with E-state index < -0.39 is 0 Å². The van der Waals surface area contributed by atoms with Crippen molar-refractivity contribution >= 4 is 22.9 Å². The summed E-state index contributed by atoms with van der Waals surface area (Å²) in [5.41, 5.74) is 7.75. The third-order valence-corrected chi connectivity index (χ3v) is 6.04. The Balaban J connectivity index is 1.96. The van der Waals surface area contributed by atoms with Gasteiger partial charge < -0.3 is 11.1 Å². The monoisotopic (exact) mass is 306 g/mol. The maximum Gasteiger partial charge on any atom is 0.124 e. The van der Waals surface area contributed by atoms with Gasteiger partial charge in [0.2, 0.25) is 0 Å². The summed E-state index contributed by atoms with van der Waals surface area (Å²) in [7, 11) is 0. The van der Waals surface area contributed by atoms with Crippen molar-refractivity contribution in [2.45, 2.75) is 46.1 Å². The molecule has 3 unspecified atom stereocenters. The second-order valence-corrected chi connectivity index (χ2v) is 7.99. The van der Waals surface area contributed by atoms with Crippen LogP contribution in [0.1, 0.15) is 45.6 Å². The molecule has 0 radical (unpaired) electrons. The van der Waals surface area contributed by atoms with E-state index in [1.165, 1.54) is 31.4 Å². The zero-order chi connectivity index (χ0) is 15.4. The quantitative estimate of drug-likeness (QED) is 0.826. The van der Waals surface area contributed by atoms with Crippen LogP contribution in [0.5, 0.6) is 0 Å². The van der Waals surface area contributed by atoms with E-state index in [4.69, 9.17) is 18.0 Å². The molecule has 2 fully saturated rings. The van der Waals surface area contributed by atoms with Gasteiger partial charge >= 0.3 is 0 Å². The molecule has 2 bridgehead atoms. The van der Waals surface area contributed by atoms with Gasteiger partial charge in [-0.25, -0.2) is 4.39 Å². The fourth-order valence-corrected chi connectivity index (χ4v) is 4.83. The first kappa shape index (κ1) is 14.8. The molecule has 4 heteroatoms. The summed E-state index contributed by atoms with van der Waals surface area (Å²) in [6, 6.07) is 5.01. The lowest BCUT2D eigenvalue weighted by atomic mass is 9.68. The number of hydrogen-bond acceptors (Lipinski definition) is 2. The minimum Gasteiger partial charge on any atom is -0.389 e. The van der Waals surface area contributed by atoms with Crippen LogP contribution in [0, 0.1) is 22.6 Å². The second-order valence-electron chi connectivity index (χ2n) is 7.55. The topological polar surface area (TPSA) is 38.0 Å². The molecule has 0 spiro atoms. The molecular formula is C17H23FN2S. The van der Waals surface area contributed by atoms with Crippen molar-refractivity contribution in [1.82, 2.24) is 0 Å². The van der Waals surface area contributed by atoms with Gasteiger partial charge in [-0.15, -0.1) is 0 Å². The number of anilines is 1. The van der Waals surface area contributed by atoms with Crippen LogP contribution in [-0.2, 0) is 0 Å². The van der Waals surface area contributed by atoms with Crippen LogP contribution in [0.3, 0.4) is 0 Å². The van der Waals surface area contributed by atoms with E-state index in [9.17, 15) is 4.39 Å². The van der Waals surface area contributed by atoms with Gasteiger partial charge in [-0.05, 0) is 54.2 Å². The van der Waals surface area contributed by atoms with Crippen LogP contribution in [-0.4, -0.2) is 11.0 Å². The second kappa shape index (κ2) is 4.67. The lowest BCUT2D eigenvalue weighted by Gasteiger charge is -2.44. The number of halogens is 1. The fraction of sp³-hybridized carbons (Fsp3) is 0.588. The van der Waals surface area contributed by atoms with E-state index in [0.717, 1.165) is 11.6 Å². The normalized spacial score (nSPS) is 33.1. The molecule has 2 aliphatic rings. The molecular weight excluding hydrogens is 283 g/mol. The van der Waals surface area contributed by atoms with Gasteiger partial charge in [0.1, 0.15) is 10.8 Å². The highest BCUT2D eigenvalue weighted by Gasteiger charge is 2.59. The highest BCUT2D eigenvalue weighted by Crippen LogP contribution is 2.63. The average molecular weight is 306 g/mol. The molecule has 0 amide bonds. The molecule has 2 nitrogen and oxygen atoms in total. The lowest BCUT2D eigenvalue weighted by molar-refractivity contribution is 0.155. The van der Waals surface area contributed by atoms with Crippen molar-refractivity contribution in [1.29, 1.82) is 0 Å². The summed E-state index contributed by atoms with van der Waals surface area (Å²) in [5, 5.41) is 3.65. The number of nitrogens with one attached hydrogen (secondary N) is 1. The number of benzene rings is 1. The van der Waals surface area contributed by atoms with Gasteiger partial charge in [-0.2, -0.15) is 0 Å². The van der Waals surface area contributed by atoms with Crippen LogP contribution < -0.4 is 11.1 Å². The van der Waals surface area contributed by atoms with Gasteiger partial charge in [0, 0.05) is 17.3 Å². The van der Waals surface area contributed by atoms with Crippen LogP contribution in [0.25, 0.3) is 0 Å². The van der Waals surface area contributed by atoms with Gasteiger partial charge in [-0.3, -0.25) is 0 Å². The molecule has 21 heavy (non-hydrogen) atoms. The Morgan fingerprint density at radius 1 is 1.38 bits per heavy atom.